The minimum absolute atomic E-state index is 0.0712. The molecule has 0 aliphatic carbocycles. The summed E-state index contributed by atoms with van der Waals surface area (Å²) in [6.45, 7) is 2.50. The molecule has 0 radical (unpaired) electrons. The molecule has 0 amide bonds. The first-order valence-corrected chi connectivity index (χ1v) is 5.97. The summed E-state index contributed by atoms with van der Waals surface area (Å²) in [5.41, 5.74) is 6.33. The molecule has 0 saturated carbocycles. The number of rotatable bonds is 6. The molecule has 1 aromatic carbocycles. The van der Waals surface area contributed by atoms with E-state index >= 15 is 0 Å². The molecule has 1 rings (SSSR count). The fourth-order valence-corrected chi connectivity index (χ4v) is 1.84. The molecule has 0 bridgehead atoms. The lowest BCUT2D eigenvalue weighted by atomic mass is 10.1. The van der Waals surface area contributed by atoms with Gasteiger partial charge in [-0.15, -0.1) is 0 Å². The molecule has 0 fully saturated rings. The zero-order valence-corrected chi connectivity index (χ0v) is 11.2. The van der Waals surface area contributed by atoms with Crippen LogP contribution in [0.1, 0.15) is 18.9 Å². The fourth-order valence-electron chi connectivity index (χ4n) is 1.60. The predicted octanol–water partition coefficient (Wildman–Crippen LogP) is 1.96. The summed E-state index contributed by atoms with van der Waals surface area (Å²) >= 11 is 6.12. The van der Waals surface area contributed by atoms with Crippen LogP contribution in [-0.2, 0) is 6.54 Å². The highest BCUT2D eigenvalue weighted by molar-refractivity contribution is 6.31. The Balaban J connectivity index is 2.63. The second-order valence-electron chi connectivity index (χ2n) is 4.00. The fraction of sp³-hybridized carbons (Fsp3) is 0.417. The van der Waals surface area contributed by atoms with Crippen LogP contribution in [0.15, 0.2) is 23.4 Å². The highest BCUT2D eigenvalue weighted by atomic mass is 35.5. The van der Waals surface area contributed by atoms with Crippen LogP contribution >= 0.6 is 11.6 Å². The van der Waals surface area contributed by atoms with Crippen molar-refractivity contribution in [2.24, 2.45) is 10.9 Å². The first-order valence-electron chi connectivity index (χ1n) is 5.59. The second-order valence-corrected chi connectivity index (χ2v) is 4.41. The number of methoxy groups -OCH3 is 1. The van der Waals surface area contributed by atoms with E-state index in [1.54, 1.807) is 7.11 Å². The molecule has 18 heavy (non-hydrogen) atoms. The van der Waals surface area contributed by atoms with E-state index < -0.39 is 0 Å². The third-order valence-electron chi connectivity index (χ3n) is 2.57. The average molecular weight is 272 g/mol. The van der Waals surface area contributed by atoms with Crippen molar-refractivity contribution in [3.63, 3.8) is 0 Å². The molecule has 1 aromatic rings. The molecule has 0 heterocycles. The van der Waals surface area contributed by atoms with E-state index in [0.29, 0.717) is 18.0 Å². The minimum atomic E-state index is 0.0712. The van der Waals surface area contributed by atoms with Gasteiger partial charge in [0.2, 0.25) is 0 Å². The molecule has 6 heteroatoms. The van der Waals surface area contributed by atoms with Crippen LogP contribution in [0.25, 0.3) is 0 Å². The molecule has 1 unspecified atom stereocenters. The lowest BCUT2D eigenvalue weighted by molar-refractivity contribution is 0.315. The molecule has 0 aromatic heterocycles. The summed E-state index contributed by atoms with van der Waals surface area (Å²) in [7, 11) is 1.61. The summed E-state index contributed by atoms with van der Waals surface area (Å²) in [4.78, 5) is 0. The maximum atomic E-state index is 8.49. The highest BCUT2D eigenvalue weighted by Gasteiger charge is 2.10. The average Bonchev–Trinajstić information content (AvgIpc) is 2.36. The number of nitrogens with one attached hydrogen (secondary N) is 1. The standard InChI is InChI=1S/C12H18ClN3O2/c1-8(6-12(14)16-17)15-7-9-10(13)4-3-5-11(9)18-2/h3-5,8,15,17H,6-7H2,1-2H3,(H2,14,16). The minimum Gasteiger partial charge on any atom is -0.496 e. The van der Waals surface area contributed by atoms with Gasteiger partial charge in [-0.2, -0.15) is 0 Å². The van der Waals surface area contributed by atoms with Gasteiger partial charge in [0, 0.05) is 29.6 Å². The van der Waals surface area contributed by atoms with Crippen molar-refractivity contribution in [3.05, 3.63) is 28.8 Å². The summed E-state index contributed by atoms with van der Waals surface area (Å²) in [5.74, 6) is 0.937. The molecule has 0 aliphatic rings. The molecule has 1 atom stereocenters. The van der Waals surface area contributed by atoms with E-state index in [4.69, 9.17) is 27.3 Å². The Morgan fingerprint density at radius 3 is 2.94 bits per heavy atom. The van der Waals surface area contributed by atoms with E-state index in [-0.39, 0.29) is 11.9 Å². The first-order chi connectivity index (χ1) is 8.58. The van der Waals surface area contributed by atoms with Gasteiger partial charge < -0.3 is 21.0 Å². The van der Waals surface area contributed by atoms with E-state index in [0.717, 1.165) is 11.3 Å². The van der Waals surface area contributed by atoms with Gasteiger partial charge in [-0.3, -0.25) is 0 Å². The molecule has 0 aliphatic heterocycles. The Morgan fingerprint density at radius 2 is 2.33 bits per heavy atom. The Hall–Kier alpha value is -1.46. The van der Waals surface area contributed by atoms with E-state index in [1.807, 2.05) is 25.1 Å². The van der Waals surface area contributed by atoms with Gasteiger partial charge in [-0.05, 0) is 19.1 Å². The summed E-state index contributed by atoms with van der Waals surface area (Å²) in [5, 5.41) is 15.3. The van der Waals surface area contributed by atoms with Crippen LogP contribution < -0.4 is 15.8 Å². The van der Waals surface area contributed by atoms with Crippen molar-refractivity contribution in [2.75, 3.05) is 7.11 Å². The number of oxime groups is 1. The first kappa shape index (κ1) is 14.6. The quantitative estimate of drug-likeness (QED) is 0.320. The Labute approximate surface area is 112 Å². The van der Waals surface area contributed by atoms with Crippen LogP contribution in [0.5, 0.6) is 5.75 Å². The van der Waals surface area contributed by atoms with Crippen LogP contribution in [0, 0.1) is 0 Å². The van der Waals surface area contributed by atoms with Crippen molar-refractivity contribution < 1.29 is 9.94 Å². The summed E-state index contributed by atoms with van der Waals surface area (Å²) in [6.07, 6.45) is 0.462. The van der Waals surface area contributed by atoms with Crippen LogP contribution in [-0.4, -0.2) is 24.2 Å². The van der Waals surface area contributed by atoms with Gasteiger partial charge in [0.1, 0.15) is 11.6 Å². The van der Waals surface area contributed by atoms with Gasteiger partial charge in [0.15, 0.2) is 0 Å². The number of benzene rings is 1. The Morgan fingerprint density at radius 1 is 1.61 bits per heavy atom. The largest absolute Gasteiger partial charge is 0.496 e. The molecular formula is C12H18ClN3O2. The van der Waals surface area contributed by atoms with E-state index in [1.165, 1.54) is 0 Å². The van der Waals surface area contributed by atoms with E-state index in [2.05, 4.69) is 10.5 Å². The van der Waals surface area contributed by atoms with Crippen molar-refractivity contribution in [3.8, 4) is 5.75 Å². The zero-order valence-electron chi connectivity index (χ0n) is 10.5. The molecule has 100 valence electrons. The van der Waals surface area contributed by atoms with E-state index in [9.17, 15) is 0 Å². The third kappa shape index (κ3) is 4.09. The Bertz CT molecular complexity index is 424. The number of nitrogens with zero attached hydrogens (tertiary/aromatic N) is 1. The van der Waals surface area contributed by atoms with Gasteiger partial charge in [0.05, 0.1) is 7.11 Å². The lowest BCUT2D eigenvalue weighted by Gasteiger charge is -2.15. The number of hydrogen-bond donors (Lipinski definition) is 3. The normalized spacial score (nSPS) is 13.4. The molecular weight excluding hydrogens is 254 g/mol. The maximum absolute atomic E-state index is 8.49. The predicted molar refractivity (Wildman–Crippen MR) is 72.3 cm³/mol. The smallest absolute Gasteiger partial charge is 0.140 e. The molecule has 0 spiro atoms. The second kappa shape index (κ2) is 7.08. The topological polar surface area (TPSA) is 79.9 Å². The number of nitrogens with two attached hydrogens (primary N) is 1. The molecule has 0 saturated heterocycles. The number of amidine groups is 1. The number of ether oxygens (including phenoxy) is 1. The van der Waals surface area contributed by atoms with Gasteiger partial charge in [-0.1, -0.05) is 22.8 Å². The molecule has 5 nitrogen and oxygen atoms in total. The summed E-state index contributed by atoms with van der Waals surface area (Å²) < 4.78 is 5.25. The zero-order chi connectivity index (χ0) is 13.5. The van der Waals surface area contributed by atoms with Crippen LogP contribution in [0.2, 0.25) is 5.02 Å². The molecule has 4 N–H and O–H groups in total. The van der Waals surface area contributed by atoms with Gasteiger partial charge in [0.25, 0.3) is 0 Å². The highest BCUT2D eigenvalue weighted by Crippen LogP contribution is 2.25. The lowest BCUT2D eigenvalue weighted by Crippen LogP contribution is -2.30. The van der Waals surface area contributed by atoms with Crippen LogP contribution in [0.4, 0.5) is 0 Å². The third-order valence-corrected chi connectivity index (χ3v) is 2.92. The SMILES string of the molecule is COc1cccc(Cl)c1CNC(C)C/C(N)=N/O. The number of halogens is 1. The van der Waals surface area contributed by atoms with Crippen LogP contribution in [0.3, 0.4) is 0 Å². The van der Waals surface area contributed by atoms with Crippen molar-refractivity contribution in [2.45, 2.75) is 25.9 Å². The van der Waals surface area contributed by atoms with Crippen molar-refractivity contribution in [1.29, 1.82) is 0 Å². The monoisotopic (exact) mass is 271 g/mol. The van der Waals surface area contributed by atoms with Crippen molar-refractivity contribution in [1.82, 2.24) is 5.32 Å². The summed E-state index contributed by atoms with van der Waals surface area (Å²) in [6, 6.07) is 5.58. The van der Waals surface area contributed by atoms with Gasteiger partial charge >= 0.3 is 0 Å². The van der Waals surface area contributed by atoms with Crippen molar-refractivity contribution >= 4 is 17.4 Å². The van der Waals surface area contributed by atoms with Gasteiger partial charge in [-0.25, -0.2) is 0 Å². The Kier molecular flexibility index (Phi) is 5.74. The number of hydrogen-bond acceptors (Lipinski definition) is 4. The maximum Gasteiger partial charge on any atom is 0.140 e.